The van der Waals surface area contributed by atoms with Crippen molar-refractivity contribution in [3.8, 4) is 5.75 Å². The molecule has 1 aromatic heterocycles. The molecule has 0 bridgehead atoms. The van der Waals surface area contributed by atoms with Crippen LogP contribution < -0.4 is 4.74 Å². The Balaban J connectivity index is 2.08. The smallest absolute Gasteiger partial charge is 0.270 e. The molecule has 2 rings (SSSR count). The molecule has 0 amide bonds. The molecule has 0 saturated heterocycles. The number of nitrogens with zero attached hydrogens (tertiary/aromatic N) is 3. The Morgan fingerprint density at radius 1 is 1.48 bits per heavy atom. The number of ether oxygens (including phenoxy) is 1. The van der Waals surface area contributed by atoms with Gasteiger partial charge in [0.25, 0.3) is 5.69 Å². The minimum absolute atomic E-state index is 0.0649. The molecule has 21 heavy (non-hydrogen) atoms. The summed E-state index contributed by atoms with van der Waals surface area (Å²) in [6.07, 6.45) is 1.53. The highest BCUT2D eigenvalue weighted by Gasteiger charge is 2.15. The van der Waals surface area contributed by atoms with Crippen LogP contribution in [-0.2, 0) is 13.5 Å². The van der Waals surface area contributed by atoms with Crippen molar-refractivity contribution in [2.24, 2.45) is 7.05 Å². The van der Waals surface area contributed by atoms with Crippen LogP contribution in [0.2, 0.25) is 0 Å². The highest BCUT2D eigenvalue weighted by molar-refractivity contribution is 5.44. The molecule has 0 fully saturated rings. The summed E-state index contributed by atoms with van der Waals surface area (Å²) in [7, 11) is 1.85. The Bertz CT molecular complexity index is 637. The number of nitro groups is 1. The van der Waals surface area contributed by atoms with E-state index in [9.17, 15) is 15.2 Å². The van der Waals surface area contributed by atoms with E-state index < -0.39 is 11.0 Å². The molecule has 0 radical (unpaired) electrons. The van der Waals surface area contributed by atoms with E-state index in [1.807, 2.05) is 13.1 Å². The molecule has 112 valence electrons. The van der Waals surface area contributed by atoms with E-state index in [1.54, 1.807) is 17.8 Å². The molecule has 1 aromatic carbocycles. The van der Waals surface area contributed by atoms with Crippen LogP contribution in [0.3, 0.4) is 0 Å². The molecule has 7 nitrogen and oxygen atoms in total. The van der Waals surface area contributed by atoms with Crippen molar-refractivity contribution < 1.29 is 14.8 Å². The third-order valence-electron chi connectivity index (χ3n) is 3.19. The molecule has 0 spiro atoms. The van der Waals surface area contributed by atoms with Crippen molar-refractivity contribution in [1.29, 1.82) is 0 Å². The first-order chi connectivity index (χ1) is 9.99. The Labute approximate surface area is 121 Å². The summed E-state index contributed by atoms with van der Waals surface area (Å²) in [4.78, 5) is 10.3. The van der Waals surface area contributed by atoms with Crippen LogP contribution in [0.15, 0.2) is 30.5 Å². The van der Waals surface area contributed by atoms with E-state index in [4.69, 9.17) is 4.74 Å². The van der Waals surface area contributed by atoms with Crippen molar-refractivity contribution in [3.05, 3.63) is 51.8 Å². The summed E-state index contributed by atoms with van der Waals surface area (Å²) in [5.74, 6) is 0.456. The van der Waals surface area contributed by atoms with Crippen molar-refractivity contribution in [1.82, 2.24) is 9.78 Å². The van der Waals surface area contributed by atoms with Crippen LogP contribution in [0, 0.1) is 10.1 Å². The topological polar surface area (TPSA) is 90.4 Å². The maximum atomic E-state index is 10.8. The van der Waals surface area contributed by atoms with Gasteiger partial charge in [0, 0.05) is 43.1 Å². The van der Waals surface area contributed by atoms with E-state index in [1.165, 1.54) is 18.2 Å². The van der Waals surface area contributed by atoms with Crippen molar-refractivity contribution in [3.63, 3.8) is 0 Å². The monoisotopic (exact) mass is 291 g/mol. The highest BCUT2D eigenvalue weighted by atomic mass is 16.6. The first kappa shape index (κ1) is 15.0. The predicted molar refractivity (Wildman–Crippen MR) is 76.1 cm³/mol. The zero-order chi connectivity index (χ0) is 15.4. The zero-order valence-corrected chi connectivity index (χ0v) is 11.9. The summed E-state index contributed by atoms with van der Waals surface area (Å²) in [5, 5.41) is 24.6. The van der Waals surface area contributed by atoms with Gasteiger partial charge < -0.3 is 9.84 Å². The number of nitro benzene ring substituents is 1. The molecule has 1 N–H and O–H groups in total. The second-order valence-corrected chi connectivity index (χ2v) is 4.70. The quantitative estimate of drug-likeness (QED) is 0.649. The Kier molecular flexibility index (Phi) is 4.54. The van der Waals surface area contributed by atoms with Gasteiger partial charge in [0.15, 0.2) is 0 Å². The number of benzene rings is 1. The first-order valence-corrected chi connectivity index (χ1v) is 6.55. The van der Waals surface area contributed by atoms with E-state index in [-0.39, 0.29) is 5.69 Å². The van der Waals surface area contributed by atoms with Gasteiger partial charge in [-0.05, 0) is 19.1 Å². The van der Waals surface area contributed by atoms with Crippen LogP contribution in [-0.4, -0.2) is 26.4 Å². The normalized spacial score (nSPS) is 12.1. The van der Waals surface area contributed by atoms with Crippen molar-refractivity contribution in [2.75, 3.05) is 6.61 Å². The molecule has 0 saturated carbocycles. The average molecular weight is 291 g/mol. The number of aromatic nitrogens is 2. The van der Waals surface area contributed by atoms with E-state index >= 15 is 0 Å². The van der Waals surface area contributed by atoms with Crippen LogP contribution in [0.5, 0.6) is 5.75 Å². The second kappa shape index (κ2) is 6.36. The summed E-state index contributed by atoms with van der Waals surface area (Å²) in [5.41, 5.74) is 1.37. The van der Waals surface area contributed by atoms with Gasteiger partial charge in [0.1, 0.15) is 5.75 Å². The van der Waals surface area contributed by atoms with Gasteiger partial charge in [0.05, 0.1) is 17.6 Å². The maximum absolute atomic E-state index is 10.8. The van der Waals surface area contributed by atoms with Gasteiger partial charge in [-0.25, -0.2) is 0 Å². The Hall–Kier alpha value is -2.41. The molecular weight excluding hydrogens is 274 g/mol. The van der Waals surface area contributed by atoms with E-state index in [0.29, 0.717) is 24.3 Å². The molecule has 0 aliphatic heterocycles. The van der Waals surface area contributed by atoms with Crippen LogP contribution in [0.1, 0.15) is 24.3 Å². The summed E-state index contributed by atoms with van der Waals surface area (Å²) in [6, 6.07) is 6.12. The number of non-ortho nitro benzene ring substituents is 1. The van der Waals surface area contributed by atoms with Gasteiger partial charge >= 0.3 is 0 Å². The van der Waals surface area contributed by atoms with Crippen molar-refractivity contribution in [2.45, 2.75) is 19.4 Å². The van der Waals surface area contributed by atoms with Crippen LogP contribution in [0.4, 0.5) is 5.69 Å². The number of rotatable bonds is 6. The van der Waals surface area contributed by atoms with Gasteiger partial charge in [-0.2, -0.15) is 5.10 Å². The average Bonchev–Trinajstić information content (AvgIpc) is 2.84. The standard InChI is InChI=1S/C14H17N3O4/c1-10(18)13-9-12(17(19)20)3-4-14(13)21-8-6-11-5-7-15-16(11)2/h3-5,7,9-10,18H,6,8H2,1-2H3/t10-/m1/s1. The third-order valence-corrected chi connectivity index (χ3v) is 3.19. The van der Waals surface area contributed by atoms with Gasteiger partial charge in [-0.1, -0.05) is 0 Å². The number of hydrogen-bond donors (Lipinski definition) is 1. The summed E-state index contributed by atoms with van der Waals surface area (Å²) < 4.78 is 7.40. The minimum Gasteiger partial charge on any atom is -0.493 e. The molecule has 7 heteroatoms. The molecular formula is C14H17N3O4. The summed E-state index contributed by atoms with van der Waals surface area (Å²) in [6.45, 7) is 1.95. The lowest BCUT2D eigenvalue weighted by Crippen LogP contribution is -2.08. The molecule has 2 aromatic rings. The van der Waals surface area contributed by atoms with Crippen molar-refractivity contribution >= 4 is 5.69 Å². The molecule has 0 aliphatic carbocycles. The molecule has 1 atom stereocenters. The SMILES string of the molecule is C[C@@H](O)c1cc([N+](=O)[O-])ccc1OCCc1ccnn1C. The number of aliphatic hydroxyl groups is 1. The molecule has 0 unspecified atom stereocenters. The number of aliphatic hydroxyl groups excluding tert-OH is 1. The van der Waals surface area contributed by atoms with Gasteiger partial charge in [-0.15, -0.1) is 0 Å². The predicted octanol–water partition coefficient (Wildman–Crippen LogP) is 2.00. The Morgan fingerprint density at radius 2 is 2.24 bits per heavy atom. The van der Waals surface area contributed by atoms with Gasteiger partial charge in [-0.3, -0.25) is 14.8 Å². The lowest BCUT2D eigenvalue weighted by atomic mass is 10.1. The number of aryl methyl sites for hydroxylation is 1. The fourth-order valence-corrected chi connectivity index (χ4v) is 2.02. The summed E-state index contributed by atoms with van der Waals surface area (Å²) >= 11 is 0. The lowest BCUT2D eigenvalue weighted by molar-refractivity contribution is -0.385. The largest absolute Gasteiger partial charge is 0.493 e. The lowest BCUT2D eigenvalue weighted by Gasteiger charge is -2.13. The number of hydrogen-bond acceptors (Lipinski definition) is 5. The fraction of sp³-hybridized carbons (Fsp3) is 0.357. The molecule has 0 aliphatic rings. The zero-order valence-electron chi connectivity index (χ0n) is 11.9. The van der Waals surface area contributed by atoms with E-state index in [0.717, 1.165) is 5.69 Å². The van der Waals surface area contributed by atoms with Crippen LogP contribution in [0.25, 0.3) is 0 Å². The first-order valence-electron chi connectivity index (χ1n) is 6.55. The third kappa shape index (κ3) is 3.57. The van der Waals surface area contributed by atoms with E-state index in [2.05, 4.69) is 5.10 Å². The Morgan fingerprint density at radius 3 is 2.81 bits per heavy atom. The van der Waals surface area contributed by atoms with Crippen LogP contribution >= 0.6 is 0 Å². The fourth-order valence-electron chi connectivity index (χ4n) is 2.02. The van der Waals surface area contributed by atoms with Gasteiger partial charge in [0.2, 0.25) is 0 Å². The second-order valence-electron chi connectivity index (χ2n) is 4.70. The maximum Gasteiger partial charge on any atom is 0.270 e. The molecule has 1 heterocycles. The highest BCUT2D eigenvalue weighted by Crippen LogP contribution is 2.29. The minimum atomic E-state index is -0.836.